The van der Waals surface area contributed by atoms with Crippen LogP contribution in [-0.4, -0.2) is 35.6 Å². The molecule has 28 heavy (non-hydrogen) atoms. The van der Waals surface area contributed by atoms with Crippen molar-refractivity contribution in [3.8, 4) is 17.6 Å². The van der Waals surface area contributed by atoms with E-state index in [-0.39, 0.29) is 6.08 Å². The molecule has 1 aromatic heterocycles. The van der Waals surface area contributed by atoms with Gasteiger partial charge in [-0.05, 0) is 55.8 Å². The summed E-state index contributed by atoms with van der Waals surface area (Å²) in [5.74, 6) is 1.53. The molecular weight excluding hydrogens is 352 g/mol. The second-order valence-electron chi connectivity index (χ2n) is 7.29. The van der Waals surface area contributed by atoms with E-state index in [0.717, 1.165) is 36.0 Å². The van der Waals surface area contributed by atoms with Gasteiger partial charge in [-0.25, -0.2) is 0 Å². The van der Waals surface area contributed by atoms with Crippen molar-refractivity contribution in [2.75, 3.05) is 19.7 Å². The normalized spacial score (nSPS) is 15.2. The molecule has 2 aromatic carbocycles. The lowest BCUT2D eigenvalue weighted by Gasteiger charge is -2.33. The van der Waals surface area contributed by atoms with Crippen LogP contribution in [0, 0.1) is 0 Å². The fraction of sp³-hybridized carbons (Fsp3) is 0.435. The summed E-state index contributed by atoms with van der Waals surface area (Å²) in [7, 11) is 0. The van der Waals surface area contributed by atoms with Gasteiger partial charge < -0.3 is 13.9 Å². The largest absolute Gasteiger partial charge is 0.492 e. The number of rotatable bonds is 8. The van der Waals surface area contributed by atoms with Crippen molar-refractivity contribution >= 4 is 11.1 Å². The van der Waals surface area contributed by atoms with E-state index in [9.17, 15) is 0 Å². The Morgan fingerprint density at radius 3 is 2.50 bits per heavy atom. The third-order valence-electron chi connectivity index (χ3n) is 5.45. The molecular formula is C23H28N2O3. The molecule has 3 aromatic rings. The van der Waals surface area contributed by atoms with Crippen LogP contribution < -0.4 is 9.47 Å². The minimum Gasteiger partial charge on any atom is -0.492 e. The highest BCUT2D eigenvalue weighted by Gasteiger charge is 2.19. The first-order chi connectivity index (χ1) is 13.8. The number of benzene rings is 2. The van der Waals surface area contributed by atoms with Crippen LogP contribution in [0.3, 0.4) is 0 Å². The van der Waals surface area contributed by atoms with Crippen LogP contribution in [0.2, 0.25) is 0 Å². The van der Waals surface area contributed by atoms with Crippen molar-refractivity contribution in [2.45, 2.75) is 45.1 Å². The average Bonchev–Trinajstić information content (AvgIpc) is 3.15. The number of fused-ring (bicyclic) bond motifs is 1. The lowest BCUT2D eigenvalue weighted by Crippen LogP contribution is -2.39. The number of hydrogen-bond acceptors (Lipinski definition) is 5. The van der Waals surface area contributed by atoms with Crippen LogP contribution in [0.15, 0.2) is 52.9 Å². The summed E-state index contributed by atoms with van der Waals surface area (Å²) in [4.78, 5) is 6.89. The molecule has 0 spiro atoms. The van der Waals surface area contributed by atoms with E-state index in [0.29, 0.717) is 12.4 Å². The quantitative estimate of drug-likeness (QED) is 0.505. The Balaban J connectivity index is 1.28. The van der Waals surface area contributed by atoms with Crippen molar-refractivity contribution in [3.63, 3.8) is 0 Å². The summed E-state index contributed by atoms with van der Waals surface area (Å²) >= 11 is 0. The molecule has 1 aliphatic carbocycles. The van der Waals surface area contributed by atoms with Gasteiger partial charge in [0.1, 0.15) is 23.6 Å². The van der Waals surface area contributed by atoms with Crippen LogP contribution in [0.25, 0.3) is 11.1 Å². The maximum Gasteiger partial charge on any atom is 0.400 e. The smallest absolute Gasteiger partial charge is 0.400 e. The Kier molecular flexibility index (Phi) is 6.12. The number of aromatic nitrogens is 1. The molecule has 0 radical (unpaired) electrons. The summed E-state index contributed by atoms with van der Waals surface area (Å²) in [6.45, 7) is 5.01. The minimum absolute atomic E-state index is 0.251. The molecule has 0 aliphatic heterocycles. The van der Waals surface area contributed by atoms with Gasteiger partial charge in [0.15, 0.2) is 5.58 Å². The lowest BCUT2D eigenvalue weighted by molar-refractivity contribution is 0.137. The first-order valence-corrected chi connectivity index (χ1v) is 10.3. The number of likely N-dealkylation sites (N-methyl/N-ethyl adjacent to an activating group) is 1. The Bertz CT molecular complexity index is 836. The van der Waals surface area contributed by atoms with Gasteiger partial charge in [0.2, 0.25) is 0 Å². The monoisotopic (exact) mass is 380 g/mol. The predicted molar refractivity (Wildman–Crippen MR) is 110 cm³/mol. The fourth-order valence-electron chi connectivity index (χ4n) is 3.93. The van der Waals surface area contributed by atoms with Crippen LogP contribution >= 0.6 is 0 Å². The third kappa shape index (κ3) is 4.65. The Labute approximate surface area is 166 Å². The topological polar surface area (TPSA) is 47.7 Å². The molecule has 5 heteroatoms. The molecule has 4 rings (SSSR count). The number of nitrogens with zero attached hydrogens (tertiary/aromatic N) is 2. The van der Waals surface area contributed by atoms with Gasteiger partial charge in [-0.1, -0.05) is 38.3 Å². The van der Waals surface area contributed by atoms with Crippen LogP contribution in [0.1, 0.15) is 39.0 Å². The number of ether oxygens (including phenoxy) is 2. The molecule has 1 aliphatic rings. The van der Waals surface area contributed by atoms with Gasteiger partial charge in [-0.3, -0.25) is 4.90 Å². The maximum atomic E-state index is 5.95. The van der Waals surface area contributed by atoms with Crippen molar-refractivity contribution in [3.05, 3.63) is 48.5 Å². The summed E-state index contributed by atoms with van der Waals surface area (Å²) in [5.41, 5.74) is 1.51. The standard InChI is InChI=1S/C23H28N2O3/c1-2-25(18-8-4-3-5-9-18)16-17-26-19-12-14-20(15-13-19)27-23-24-21-10-6-7-11-22(21)28-23/h6-7,10-15,18H,2-5,8-9,16-17H2,1H3. The molecule has 1 fully saturated rings. The van der Waals surface area contributed by atoms with E-state index in [1.165, 1.54) is 32.1 Å². The molecule has 0 N–H and O–H groups in total. The van der Waals surface area contributed by atoms with E-state index in [2.05, 4.69) is 16.8 Å². The van der Waals surface area contributed by atoms with E-state index >= 15 is 0 Å². The summed E-state index contributed by atoms with van der Waals surface area (Å²) in [6, 6.07) is 15.9. The lowest BCUT2D eigenvalue weighted by atomic mass is 9.94. The van der Waals surface area contributed by atoms with E-state index < -0.39 is 0 Å². The molecule has 1 saturated carbocycles. The van der Waals surface area contributed by atoms with Gasteiger partial charge >= 0.3 is 6.08 Å². The number of para-hydroxylation sites is 2. The number of oxazole rings is 1. The molecule has 0 bridgehead atoms. The molecule has 148 valence electrons. The maximum absolute atomic E-state index is 5.95. The SMILES string of the molecule is CCN(CCOc1ccc(Oc2nc3ccccc3o2)cc1)C1CCCCC1. The van der Waals surface area contributed by atoms with Crippen LogP contribution in [0.4, 0.5) is 0 Å². The van der Waals surface area contributed by atoms with Gasteiger partial charge in [0.05, 0.1) is 0 Å². The molecule has 0 amide bonds. The highest BCUT2D eigenvalue weighted by Crippen LogP contribution is 2.27. The Morgan fingerprint density at radius 2 is 1.75 bits per heavy atom. The molecule has 0 atom stereocenters. The Hall–Kier alpha value is -2.53. The van der Waals surface area contributed by atoms with Gasteiger partial charge in [0, 0.05) is 12.6 Å². The molecule has 0 unspecified atom stereocenters. The van der Waals surface area contributed by atoms with Crippen molar-refractivity contribution in [1.82, 2.24) is 9.88 Å². The van der Waals surface area contributed by atoms with E-state index in [1.54, 1.807) is 0 Å². The zero-order valence-electron chi connectivity index (χ0n) is 16.5. The highest BCUT2D eigenvalue weighted by atomic mass is 16.6. The third-order valence-corrected chi connectivity index (χ3v) is 5.45. The molecule has 0 saturated heterocycles. The van der Waals surface area contributed by atoms with Crippen molar-refractivity contribution in [1.29, 1.82) is 0 Å². The van der Waals surface area contributed by atoms with Crippen LogP contribution in [-0.2, 0) is 0 Å². The van der Waals surface area contributed by atoms with Gasteiger partial charge in [-0.2, -0.15) is 4.98 Å². The van der Waals surface area contributed by atoms with Crippen LogP contribution in [0.5, 0.6) is 17.6 Å². The van der Waals surface area contributed by atoms with Crippen molar-refractivity contribution in [2.24, 2.45) is 0 Å². The summed E-state index contributed by atoms with van der Waals surface area (Å²) in [5, 5.41) is 0. The summed E-state index contributed by atoms with van der Waals surface area (Å²) in [6.07, 6.45) is 7.03. The van der Waals surface area contributed by atoms with Crippen molar-refractivity contribution < 1.29 is 13.9 Å². The van der Waals surface area contributed by atoms with Gasteiger partial charge in [0.25, 0.3) is 0 Å². The van der Waals surface area contributed by atoms with E-state index in [4.69, 9.17) is 13.9 Å². The predicted octanol–water partition coefficient (Wildman–Crippen LogP) is 5.65. The molecule has 1 heterocycles. The second kappa shape index (κ2) is 9.11. The van der Waals surface area contributed by atoms with E-state index in [1.807, 2.05) is 48.5 Å². The average molecular weight is 380 g/mol. The molecule has 5 nitrogen and oxygen atoms in total. The zero-order valence-corrected chi connectivity index (χ0v) is 16.5. The minimum atomic E-state index is 0.251. The Morgan fingerprint density at radius 1 is 1.00 bits per heavy atom. The fourth-order valence-corrected chi connectivity index (χ4v) is 3.93. The zero-order chi connectivity index (χ0) is 19.2. The van der Waals surface area contributed by atoms with Gasteiger partial charge in [-0.15, -0.1) is 0 Å². The first kappa shape index (κ1) is 18.8. The highest BCUT2D eigenvalue weighted by molar-refractivity contribution is 5.72. The summed E-state index contributed by atoms with van der Waals surface area (Å²) < 4.78 is 17.3. The first-order valence-electron chi connectivity index (χ1n) is 10.3. The second-order valence-corrected chi connectivity index (χ2v) is 7.29. The number of hydrogen-bond donors (Lipinski definition) is 0.